The summed E-state index contributed by atoms with van der Waals surface area (Å²) in [5.74, 6) is 0.624. The molecular formula is C19H20N2O2. The smallest absolute Gasteiger partial charge is 0.222 e. The van der Waals surface area contributed by atoms with E-state index in [0.717, 1.165) is 18.6 Å². The number of carbonyl (C=O) groups excluding carboxylic acids is 2. The fraction of sp³-hybridized carbons (Fsp3) is 0.263. The van der Waals surface area contributed by atoms with Crippen LogP contribution in [0.1, 0.15) is 43.7 Å². The summed E-state index contributed by atoms with van der Waals surface area (Å²) in [6.45, 7) is 4.56. The summed E-state index contributed by atoms with van der Waals surface area (Å²) >= 11 is 0. The molecule has 0 fully saturated rings. The molecule has 4 heteroatoms. The minimum atomic E-state index is 0.624. The Morgan fingerprint density at radius 3 is 2.09 bits per heavy atom. The van der Waals surface area contributed by atoms with E-state index in [1.807, 2.05) is 0 Å². The first-order chi connectivity index (χ1) is 11.2. The summed E-state index contributed by atoms with van der Waals surface area (Å²) in [5, 5.41) is 13.7. The fourth-order valence-electron chi connectivity index (χ4n) is 3.14. The average Bonchev–Trinajstić information content (AvgIpc) is 2.56. The summed E-state index contributed by atoms with van der Waals surface area (Å²) in [7, 11) is 0. The Balaban J connectivity index is 0.000000387. The van der Waals surface area contributed by atoms with Gasteiger partial charge in [0, 0.05) is 5.92 Å². The van der Waals surface area contributed by atoms with Gasteiger partial charge >= 0.3 is 0 Å². The van der Waals surface area contributed by atoms with Crippen molar-refractivity contribution in [2.24, 2.45) is 0 Å². The van der Waals surface area contributed by atoms with E-state index in [-0.39, 0.29) is 0 Å². The van der Waals surface area contributed by atoms with Crippen molar-refractivity contribution in [2.45, 2.75) is 32.6 Å². The van der Waals surface area contributed by atoms with Crippen LogP contribution < -0.4 is 0 Å². The van der Waals surface area contributed by atoms with Crippen LogP contribution in [0.4, 0.5) is 0 Å². The Hall–Kier alpha value is -2.80. The normalized spacial score (nSPS) is 14.2. The molecule has 1 aliphatic carbocycles. The molecule has 0 bridgehead atoms. The minimum absolute atomic E-state index is 0.624. The molecule has 2 aromatic carbocycles. The van der Waals surface area contributed by atoms with Gasteiger partial charge in [0.15, 0.2) is 0 Å². The summed E-state index contributed by atoms with van der Waals surface area (Å²) in [6.07, 6.45) is 6.26. The second kappa shape index (κ2) is 9.26. The maximum atomic E-state index is 8.35. The third-order valence-corrected chi connectivity index (χ3v) is 3.95. The lowest BCUT2D eigenvalue weighted by Crippen LogP contribution is -2.06. The largest absolute Gasteiger partial charge is 0.231 e. The van der Waals surface area contributed by atoms with Crippen molar-refractivity contribution < 1.29 is 9.59 Å². The van der Waals surface area contributed by atoms with Gasteiger partial charge in [0.1, 0.15) is 0 Å². The van der Waals surface area contributed by atoms with Gasteiger partial charge in [-0.25, -0.2) is 20.4 Å². The lowest BCUT2D eigenvalue weighted by molar-refractivity contribution is 0.562. The van der Waals surface area contributed by atoms with Crippen molar-refractivity contribution in [1.82, 2.24) is 0 Å². The number of hydrogen-bond donors (Lipinski definition) is 2. The Labute approximate surface area is 135 Å². The van der Waals surface area contributed by atoms with Crippen molar-refractivity contribution >= 4 is 29.0 Å². The molecule has 1 unspecified atom stereocenters. The van der Waals surface area contributed by atoms with Crippen molar-refractivity contribution in [1.29, 1.82) is 10.8 Å². The highest BCUT2D eigenvalue weighted by Crippen LogP contribution is 2.41. The quantitative estimate of drug-likeness (QED) is 0.608. The molecule has 118 valence electrons. The molecule has 0 saturated carbocycles. The van der Waals surface area contributed by atoms with Gasteiger partial charge in [-0.3, -0.25) is 0 Å². The van der Waals surface area contributed by atoms with Crippen LogP contribution in [0.2, 0.25) is 0 Å². The third kappa shape index (κ3) is 4.10. The summed E-state index contributed by atoms with van der Waals surface area (Å²) < 4.78 is 0. The van der Waals surface area contributed by atoms with E-state index in [1.165, 1.54) is 28.3 Å². The Morgan fingerprint density at radius 2 is 1.57 bits per heavy atom. The standard InChI is InChI=1S/C17H18.2CHNO/c1-3-12-11-14-9-5-7-13-8-6-10-16(17(13)14)15(12)4-2;2*2-1-3/h5-11,15H,3-4H2,1-2H3;2*2H. The van der Waals surface area contributed by atoms with Crippen molar-refractivity contribution in [3.05, 3.63) is 53.1 Å². The van der Waals surface area contributed by atoms with Gasteiger partial charge in [0.25, 0.3) is 0 Å². The second-order valence-electron chi connectivity index (χ2n) is 5.03. The molecule has 0 aromatic heterocycles. The van der Waals surface area contributed by atoms with Crippen LogP contribution in [0.25, 0.3) is 16.8 Å². The van der Waals surface area contributed by atoms with E-state index in [0.29, 0.717) is 5.92 Å². The molecule has 0 aliphatic heterocycles. The third-order valence-electron chi connectivity index (χ3n) is 3.95. The van der Waals surface area contributed by atoms with Crippen LogP contribution >= 0.6 is 0 Å². The highest BCUT2D eigenvalue weighted by Gasteiger charge is 2.21. The number of nitrogens with one attached hydrogen (secondary N) is 2. The lowest BCUT2D eigenvalue weighted by atomic mass is 9.79. The molecule has 2 aromatic rings. The number of rotatable bonds is 2. The summed E-state index contributed by atoms with van der Waals surface area (Å²) in [5.41, 5.74) is 4.51. The second-order valence-corrected chi connectivity index (χ2v) is 5.03. The average molecular weight is 308 g/mol. The first kappa shape index (κ1) is 18.2. The van der Waals surface area contributed by atoms with Crippen molar-refractivity contribution in [2.75, 3.05) is 0 Å². The van der Waals surface area contributed by atoms with E-state index in [2.05, 4.69) is 56.3 Å². The topological polar surface area (TPSA) is 81.8 Å². The summed E-state index contributed by atoms with van der Waals surface area (Å²) in [4.78, 5) is 16.7. The van der Waals surface area contributed by atoms with Gasteiger partial charge in [-0.1, -0.05) is 61.9 Å². The van der Waals surface area contributed by atoms with Crippen LogP contribution in [0.3, 0.4) is 0 Å². The van der Waals surface area contributed by atoms with Crippen LogP contribution in [-0.2, 0) is 9.59 Å². The number of allylic oxidation sites excluding steroid dienone is 1. The molecule has 0 amide bonds. The fourth-order valence-corrected chi connectivity index (χ4v) is 3.14. The molecule has 0 heterocycles. The Kier molecular flexibility index (Phi) is 7.35. The van der Waals surface area contributed by atoms with Gasteiger partial charge in [-0.15, -0.1) is 0 Å². The maximum Gasteiger partial charge on any atom is 0.231 e. The highest BCUT2D eigenvalue weighted by atomic mass is 16.1. The van der Waals surface area contributed by atoms with E-state index in [1.54, 1.807) is 5.57 Å². The molecule has 0 radical (unpaired) electrons. The van der Waals surface area contributed by atoms with Crippen LogP contribution in [0.5, 0.6) is 0 Å². The van der Waals surface area contributed by atoms with E-state index in [4.69, 9.17) is 20.4 Å². The molecule has 1 aliphatic rings. The molecule has 4 nitrogen and oxygen atoms in total. The van der Waals surface area contributed by atoms with E-state index in [9.17, 15) is 0 Å². The maximum absolute atomic E-state index is 8.35. The van der Waals surface area contributed by atoms with Gasteiger partial charge < -0.3 is 0 Å². The van der Waals surface area contributed by atoms with Gasteiger partial charge in [0.05, 0.1) is 0 Å². The Morgan fingerprint density at radius 1 is 1.00 bits per heavy atom. The van der Waals surface area contributed by atoms with E-state index >= 15 is 0 Å². The molecule has 1 atom stereocenters. The zero-order valence-corrected chi connectivity index (χ0v) is 13.3. The van der Waals surface area contributed by atoms with Crippen molar-refractivity contribution in [3.8, 4) is 0 Å². The molecule has 2 N–H and O–H groups in total. The summed E-state index contributed by atoms with van der Waals surface area (Å²) in [6, 6.07) is 13.4. The first-order valence-corrected chi connectivity index (χ1v) is 7.48. The zero-order valence-electron chi connectivity index (χ0n) is 13.3. The molecule has 0 saturated heterocycles. The minimum Gasteiger partial charge on any atom is -0.222 e. The predicted molar refractivity (Wildman–Crippen MR) is 92.1 cm³/mol. The van der Waals surface area contributed by atoms with Gasteiger partial charge in [-0.05, 0) is 34.7 Å². The number of isocyanates is 2. The number of hydrogen-bond acceptors (Lipinski definition) is 4. The zero-order chi connectivity index (χ0) is 17.2. The number of benzene rings is 2. The molecule has 3 rings (SSSR count). The van der Waals surface area contributed by atoms with Crippen LogP contribution in [-0.4, -0.2) is 12.2 Å². The van der Waals surface area contributed by atoms with Gasteiger partial charge in [-0.2, -0.15) is 0 Å². The van der Waals surface area contributed by atoms with E-state index < -0.39 is 0 Å². The van der Waals surface area contributed by atoms with Crippen LogP contribution in [0, 0.1) is 10.8 Å². The highest BCUT2D eigenvalue weighted by molar-refractivity contribution is 5.96. The predicted octanol–water partition coefficient (Wildman–Crippen LogP) is 4.94. The first-order valence-electron chi connectivity index (χ1n) is 7.48. The monoisotopic (exact) mass is 308 g/mol. The van der Waals surface area contributed by atoms with Crippen LogP contribution in [0.15, 0.2) is 42.0 Å². The molecule has 23 heavy (non-hydrogen) atoms. The SMILES string of the molecule is CCC1=Cc2cccc3cccc(c23)C1CC.N=C=O.N=C=O. The van der Waals surface area contributed by atoms with Gasteiger partial charge in [0.2, 0.25) is 12.2 Å². The lowest BCUT2D eigenvalue weighted by Gasteiger charge is -2.26. The Bertz CT molecular complexity index is 749. The molecular weight excluding hydrogens is 288 g/mol. The molecule has 0 spiro atoms. The van der Waals surface area contributed by atoms with Crippen molar-refractivity contribution in [3.63, 3.8) is 0 Å².